The molecule has 1 aromatic carbocycles. The molecule has 10 heteroatoms. The molecule has 7 nitrogen and oxygen atoms in total. The maximum absolute atomic E-state index is 11.9. The summed E-state index contributed by atoms with van der Waals surface area (Å²) in [5, 5.41) is 11.5. The van der Waals surface area contributed by atoms with Gasteiger partial charge in [0.15, 0.2) is 9.84 Å². The molecule has 0 radical (unpaired) electrons. The molecular formula is C13H18Cl2N2O5S. The van der Waals surface area contributed by atoms with Crippen molar-refractivity contribution in [3.05, 3.63) is 23.2 Å². The molecule has 0 aliphatic rings. The van der Waals surface area contributed by atoms with Gasteiger partial charge in [-0.15, -0.1) is 12.4 Å². The van der Waals surface area contributed by atoms with Gasteiger partial charge in [-0.1, -0.05) is 11.6 Å². The predicted molar refractivity (Wildman–Crippen MR) is 90.2 cm³/mol. The highest BCUT2D eigenvalue weighted by molar-refractivity contribution is 7.90. The van der Waals surface area contributed by atoms with E-state index in [0.29, 0.717) is 0 Å². The van der Waals surface area contributed by atoms with Gasteiger partial charge in [0.25, 0.3) is 0 Å². The van der Waals surface area contributed by atoms with Crippen molar-refractivity contribution in [1.82, 2.24) is 4.90 Å². The van der Waals surface area contributed by atoms with Gasteiger partial charge < -0.3 is 10.4 Å². The average Bonchev–Trinajstić information content (AvgIpc) is 2.38. The molecule has 1 rings (SSSR count). The van der Waals surface area contributed by atoms with Crippen molar-refractivity contribution in [3.63, 3.8) is 0 Å². The molecule has 0 heterocycles. The van der Waals surface area contributed by atoms with Crippen molar-refractivity contribution in [2.45, 2.75) is 17.9 Å². The lowest BCUT2D eigenvalue weighted by atomic mass is 10.3. The van der Waals surface area contributed by atoms with Gasteiger partial charge in [-0.2, -0.15) is 0 Å². The number of carbonyl (C=O) groups is 2. The summed E-state index contributed by atoms with van der Waals surface area (Å²) in [6.07, 6.45) is 1.05. The van der Waals surface area contributed by atoms with Crippen LogP contribution in [0.4, 0.5) is 5.69 Å². The monoisotopic (exact) mass is 384 g/mol. The van der Waals surface area contributed by atoms with Crippen molar-refractivity contribution in [2.24, 2.45) is 0 Å². The third-order valence-electron chi connectivity index (χ3n) is 3.05. The number of carboxylic acids is 1. The Morgan fingerprint density at radius 2 is 1.96 bits per heavy atom. The van der Waals surface area contributed by atoms with Crippen molar-refractivity contribution in [2.75, 3.05) is 25.2 Å². The van der Waals surface area contributed by atoms with Crippen LogP contribution in [0.2, 0.25) is 5.02 Å². The lowest BCUT2D eigenvalue weighted by Crippen LogP contribution is -2.40. The zero-order valence-corrected chi connectivity index (χ0v) is 15.1. The van der Waals surface area contributed by atoms with Crippen LogP contribution in [0, 0.1) is 0 Å². The Morgan fingerprint density at radius 3 is 2.43 bits per heavy atom. The summed E-state index contributed by atoms with van der Waals surface area (Å²) in [5.41, 5.74) is 0.158. The van der Waals surface area contributed by atoms with E-state index < -0.39 is 27.8 Å². The third kappa shape index (κ3) is 6.34. The molecule has 0 bridgehead atoms. The molecule has 0 spiro atoms. The highest BCUT2D eigenvalue weighted by atomic mass is 35.5. The molecule has 0 aliphatic heterocycles. The summed E-state index contributed by atoms with van der Waals surface area (Å²) >= 11 is 5.92. The Bertz CT molecular complexity index is 694. The molecule has 0 fully saturated rings. The van der Waals surface area contributed by atoms with Crippen LogP contribution in [-0.2, 0) is 19.4 Å². The van der Waals surface area contributed by atoms with E-state index in [1.165, 1.54) is 37.1 Å². The SMILES string of the molecule is CC(C(=O)O)N(C)CC(=O)Nc1cc(S(C)(=O)=O)ccc1Cl.Cl. The highest BCUT2D eigenvalue weighted by Gasteiger charge is 2.20. The Balaban J connectivity index is 0.00000484. The number of nitrogens with zero attached hydrogens (tertiary/aromatic N) is 1. The largest absolute Gasteiger partial charge is 0.480 e. The van der Waals surface area contributed by atoms with E-state index >= 15 is 0 Å². The lowest BCUT2D eigenvalue weighted by molar-refractivity contribution is -0.142. The minimum atomic E-state index is -3.42. The van der Waals surface area contributed by atoms with Gasteiger partial charge in [0.2, 0.25) is 5.91 Å². The van der Waals surface area contributed by atoms with Crippen LogP contribution in [0.25, 0.3) is 0 Å². The zero-order valence-electron chi connectivity index (χ0n) is 12.7. The molecule has 0 aromatic heterocycles. The van der Waals surface area contributed by atoms with Crippen molar-refractivity contribution in [3.8, 4) is 0 Å². The molecule has 130 valence electrons. The van der Waals surface area contributed by atoms with Crippen LogP contribution in [0.5, 0.6) is 0 Å². The maximum Gasteiger partial charge on any atom is 0.320 e. The van der Waals surface area contributed by atoms with Gasteiger partial charge in [-0.05, 0) is 32.2 Å². The fourth-order valence-corrected chi connectivity index (χ4v) is 2.38. The quantitative estimate of drug-likeness (QED) is 0.770. The second-order valence-electron chi connectivity index (χ2n) is 4.89. The van der Waals surface area contributed by atoms with Crippen LogP contribution in [-0.4, -0.2) is 56.2 Å². The number of carboxylic acid groups (broad SMARTS) is 1. The van der Waals surface area contributed by atoms with Crippen LogP contribution < -0.4 is 5.32 Å². The Hall–Kier alpha value is -1.35. The molecule has 0 aliphatic carbocycles. The molecule has 1 aromatic rings. The van der Waals surface area contributed by atoms with Gasteiger partial charge in [0, 0.05) is 6.26 Å². The number of aliphatic carboxylic acids is 1. The minimum Gasteiger partial charge on any atom is -0.480 e. The smallest absolute Gasteiger partial charge is 0.320 e. The summed E-state index contributed by atoms with van der Waals surface area (Å²) in [5.74, 6) is -1.55. The van der Waals surface area contributed by atoms with E-state index in [1.807, 2.05) is 0 Å². The fraction of sp³-hybridized carbons (Fsp3) is 0.385. The Labute approximate surface area is 145 Å². The lowest BCUT2D eigenvalue weighted by Gasteiger charge is -2.20. The number of hydrogen-bond acceptors (Lipinski definition) is 5. The third-order valence-corrected chi connectivity index (χ3v) is 4.49. The number of hydrogen-bond donors (Lipinski definition) is 2. The van der Waals surface area contributed by atoms with E-state index in [9.17, 15) is 18.0 Å². The number of likely N-dealkylation sites (N-methyl/N-ethyl adjacent to an activating group) is 1. The summed E-state index contributed by atoms with van der Waals surface area (Å²) in [6, 6.07) is 3.14. The fourth-order valence-electron chi connectivity index (χ4n) is 1.57. The number of rotatable bonds is 6. The number of halogens is 2. The van der Waals surface area contributed by atoms with Gasteiger partial charge in [-0.3, -0.25) is 14.5 Å². The van der Waals surface area contributed by atoms with Crippen molar-refractivity contribution in [1.29, 1.82) is 0 Å². The van der Waals surface area contributed by atoms with Gasteiger partial charge in [0.05, 0.1) is 22.2 Å². The molecule has 2 N–H and O–H groups in total. The topological polar surface area (TPSA) is 104 Å². The average molecular weight is 385 g/mol. The number of carbonyl (C=O) groups excluding carboxylic acids is 1. The maximum atomic E-state index is 11.9. The highest BCUT2D eigenvalue weighted by Crippen LogP contribution is 2.25. The predicted octanol–water partition coefficient (Wildman–Crippen LogP) is 1.51. The number of benzene rings is 1. The van der Waals surface area contributed by atoms with E-state index in [-0.39, 0.29) is 34.6 Å². The van der Waals surface area contributed by atoms with Gasteiger partial charge >= 0.3 is 5.97 Å². The molecule has 0 saturated heterocycles. The standard InChI is InChI=1S/C13H17ClN2O5S.ClH/c1-8(13(18)19)16(2)7-12(17)15-11-6-9(22(3,20)21)4-5-10(11)14;/h4-6,8H,7H2,1-3H3,(H,15,17)(H,18,19);1H. The van der Waals surface area contributed by atoms with Crippen LogP contribution >= 0.6 is 24.0 Å². The van der Waals surface area contributed by atoms with Crippen molar-refractivity contribution >= 4 is 51.4 Å². The summed E-state index contributed by atoms with van der Waals surface area (Å²) in [6.45, 7) is 1.28. The molecule has 1 amide bonds. The zero-order chi connectivity index (χ0) is 17.1. The Morgan fingerprint density at radius 1 is 1.39 bits per heavy atom. The molecule has 0 saturated carbocycles. The molecular weight excluding hydrogens is 367 g/mol. The molecule has 1 atom stereocenters. The van der Waals surface area contributed by atoms with Crippen LogP contribution in [0.1, 0.15) is 6.92 Å². The number of amides is 1. The van der Waals surface area contributed by atoms with Crippen LogP contribution in [0.3, 0.4) is 0 Å². The van der Waals surface area contributed by atoms with Gasteiger partial charge in [0.1, 0.15) is 6.04 Å². The van der Waals surface area contributed by atoms with Crippen LogP contribution in [0.15, 0.2) is 23.1 Å². The first-order valence-corrected chi connectivity index (χ1v) is 8.52. The Kier molecular flexibility index (Phi) is 7.99. The number of anilines is 1. The first-order chi connectivity index (χ1) is 10.0. The summed E-state index contributed by atoms with van der Waals surface area (Å²) in [4.78, 5) is 24.1. The van der Waals surface area contributed by atoms with E-state index in [1.54, 1.807) is 0 Å². The van der Waals surface area contributed by atoms with E-state index in [2.05, 4.69) is 5.32 Å². The van der Waals surface area contributed by atoms with E-state index in [4.69, 9.17) is 16.7 Å². The van der Waals surface area contributed by atoms with Crippen molar-refractivity contribution < 1.29 is 23.1 Å². The molecule has 23 heavy (non-hydrogen) atoms. The number of nitrogens with one attached hydrogen (secondary N) is 1. The minimum absolute atomic E-state index is 0. The normalized spacial score (nSPS) is 12.4. The summed E-state index contributed by atoms with van der Waals surface area (Å²) in [7, 11) is -1.93. The first-order valence-electron chi connectivity index (χ1n) is 6.25. The number of sulfone groups is 1. The summed E-state index contributed by atoms with van der Waals surface area (Å²) < 4.78 is 23.0. The first kappa shape index (κ1) is 21.7. The van der Waals surface area contributed by atoms with E-state index in [0.717, 1.165) is 6.26 Å². The second kappa shape index (κ2) is 8.49. The van der Waals surface area contributed by atoms with Gasteiger partial charge in [-0.25, -0.2) is 8.42 Å². The molecule has 1 unspecified atom stereocenters. The second-order valence-corrected chi connectivity index (χ2v) is 7.31.